The molecule has 4 saturated carbocycles. The van der Waals surface area contributed by atoms with E-state index in [4.69, 9.17) is 0 Å². The molecule has 0 nitrogen and oxygen atoms in total. The molecule has 0 aromatic carbocycles. The SMILES string of the molecule is CCCCCC1CCC2(C)C(=CC=C3C2CCC2(C)C3CCC2C(C)C2CC2CC(C)C)C1. The molecule has 9 atom stereocenters. The first-order valence-corrected chi connectivity index (χ1v) is 15.2. The molecule has 0 amide bonds. The number of unbranched alkanes of at least 4 members (excludes halogenated alkanes) is 2. The first-order chi connectivity index (χ1) is 15.8. The normalized spacial score (nSPS) is 45.1. The van der Waals surface area contributed by atoms with E-state index in [9.17, 15) is 0 Å². The van der Waals surface area contributed by atoms with Crippen LogP contribution in [0, 0.1) is 58.2 Å². The molecular weight excluding hydrogens is 396 g/mol. The second-order valence-electron chi connectivity index (χ2n) is 14.4. The third-order valence-corrected chi connectivity index (χ3v) is 12.0. The van der Waals surface area contributed by atoms with Crippen LogP contribution < -0.4 is 0 Å². The molecule has 186 valence electrons. The fourth-order valence-corrected chi connectivity index (χ4v) is 10.0. The van der Waals surface area contributed by atoms with Gasteiger partial charge in [-0.1, -0.05) is 90.5 Å². The van der Waals surface area contributed by atoms with Gasteiger partial charge in [-0.2, -0.15) is 0 Å². The number of fused-ring (bicyclic) bond motifs is 5. The predicted molar refractivity (Wildman–Crippen MR) is 143 cm³/mol. The van der Waals surface area contributed by atoms with Gasteiger partial charge in [-0.3, -0.25) is 0 Å². The van der Waals surface area contributed by atoms with Crippen molar-refractivity contribution in [2.24, 2.45) is 58.2 Å². The molecule has 0 radical (unpaired) electrons. The van der Waals surface area contributed by atoms with Gasteiger partial charge in [0.1, 0.15) is 0 Å². The van der Waals surface area contributed by atoms with Crippen LogP contribution in [0.5, 0.6) is 0 Å². The maximum Gasteiger partial charge on any atom is -0.00474 e. The van der Waals surface area contributed by atoms with Crippen LogP contribution in [0.25, 0.3) is 0 Å². The van der Waals surface area contributed by atoms with Crippen LogP contribution in [0.3, 0.4) is 0 Å². The highest BCUT2D eigenvalue weighted by molar-refractivity contribution is 5.38. The van der Waals surface area contributed by atoms with Crippen molar-refractivity contribution in [3.63, 3.8) is 0 Å². The number of hydrogen-bond donors (Lipinski definition) is 0. The van der Waals surface area contributed by atoms with Crippen LogP contribution in [0.4, 0.5) is 0 Å². The summed E-state index contributed by atoms with van der Waals surface area (Å²) >= 11 is 0. The van der Waals surface area contributed by atoms with E-state index in [1.165, 1.54) is 83.5 Å². The van der Waals surface area contributed by atoms with Crippen molar-refractivity contribution in [1.29, 1.82) is 0 Å². The van der Waals surface area contributed by atoms with Crippen LogP contribution in [0.2, 0.25) is 0 Å². The fraction of sp³-hybridized carbons (Fsp3) is 0.879. The number of allylic oxidation sites excluding steroid dienone is 4. The van der Waals surface area contributed by atoms with Gasteiger partial charge >= 0.3 is 0 Å². The van der Waals surface area contributed by atoms with Crippen LogP contribution >= 0.6 is 0 Å². The summed E-state index contributed by atoms with van der Waals surface area (Å²) in [5.41, 5.74) is 4.80. The summed E-state index contributed by atoms with van der Waals surface area (Å²) in [5, 5.41) is 0. The standard InChI is InChI=1S/C33H54/c1-7-8-9-10-24-15-17-32(5)26(20-24)11-12-27-30-14-13-29(33(30,6)18-16-31(27)32)23(4)28-21-25(28)19-22(2)3/h11-12,22-25,28-31H,7-10,13-21H2,1-6H3. The Kier molecular flexibility index (Phi) is 6.72. The maximum atomic E-state index is 2.73. The molecule has 0 aromatic heterocycles. The van der Waals surface area contributed by atoms with Crippen molar-refractivity contribution in [2.45, 2.75) is 125 Å². The van der Waals surface area contributed by atoms with E-state index in [1.54, 1.807) is 0 Å². The van der Waals surface area contributed by atoms with Crippen molar-refractivity contribution < 1.29 is 0 Å². The number of hydrogen-bond acceptors (Lipinski definition) is 0. The van der Waals surface area contributed by atoms with E-state index in [0.29, 0.717) is 10.8 Å². The highest BCUT2D eigenvalue weighted by Crippen LogP contribution is 2.68. The van der Waals surface area contributed by atoms with Gasteiger partial charge in [-0.25, -0.2) is 0 Å². The van der Waals surface area contributed by atoms with Gasteiger partial charge in [-0.05, 0) is 116 Å². The first kappa shape index (κ1) is 24.2. The summed E-state index contributed by atoms with van der Waals surface area (Å²) in [6.07, 6.45) is 24.4. The zero-order valence-corrected chi connectivity index (χ0v) is 23.0. The van der Waals surface area contributed by atoms with E-state index < -0.39 is 0 Å². The lowest BCUT2D eigenvalue weighted by Gasteiger charge is -2.55. The van der Waals surface area contributed by atoms with Gasteiger partial charge in [0, 0.05) is 0 Å². The average molecular weight is 451 g/mol. The quantitative estimate of drug-likeness (QED) is 0.323. The Hall–Kier alpha value is -0.520. The van der Waals surface area contributed by atoms with E-state index in [-0.39, 0.29) is 0 Å². The lowest BCUT2D eigenvalue weighted by atomic mass is 9.49. The molecule has 4 fully saturated rings. The Labute approximate surface area is 206 Å². The topological polar surface area (TPSA) is 0 Å². The van der Waals surface area contributed by atoms with Crippen LogP contribution in [-0.2, 0) is 0 Å². The van der Waals surface area contributed by atoms with Gasteiger partial charge in [0.15, 0.2) is 0 Å². The average Bonchev–Trinajstić information content (AvgIpc) is 3.43. The minimum Gasteiger partial charge on any atom is -0.0654 e. The molecule has 0 bridgehead atoms. The summed E-state index contributed by atoms with van der Waals surface area (Å²) in [6, 6.07) is 0. The Morgan fingerprint density at radius 2 is 1.76 bits per heavy atom. The molecule has 5 aliphatic rings. The van der Waals surface area contributed by atoms with Crippen LogP contribution in [0.1, 0.15) is 125 Å². The largest absolute Gasteiger partial charge is 0.0654 e. The third kappa shape index (κ3) is 4.22. The van der Waals surface area contributed by atoms with E-state index in [2.05, 4.69) is 53.7 Å². The van der Waals surface area contributed by atoms with Crippen molar-refractivity contribution in [1.82, 2.24) is 0 Å². The summed E-state index contributed by atoms with van der Waals surface area (Å²) in [5.74, 6) is 7.59. The molecule has 33 heavy (non-hydrogen) atoms. The Morgan fingerprint density at radius 3 is 2.52 bits per heavy atom. The van der Waals surface area contributed by atoms with Gasteiger partial charge in [0.2, 0.25) is 0 Å². The predicted octanol–water partition coefficient (Wildman–Crippen LogP) is 10.0. The van der Waals surface area contributed by atoms with Gasteiger partial charge in [0.05, 0.1) is 0 Å². The zero-order chi connectivity index (χ0) is 23.4. The molecule has 0 aliphatic heterocycles. The maximum absolute atomic E-state index is 2.73. The Morgan fingerprint density at radius 1 is 0.939 bits per heavy atom. The molecule has 5 aliphatic carbocycles. The molecule has 0 saturated heterocycles. The minimum absolute atomic E-state index is 0.481. The monoisotopic (exact) mass is 450 g/mol. The zero-order valence-electron chi connectivity index (χ0n) is 23.0. The molecule has 0 aromatic rings. The Bertz CT molecular complexity index is 769. The van der Waals surface area contributed by atoms with E-state index >= 15 is 0 Å². The van der Waals surface area contributed by atoms with E-state index in [1.807, 2.05) is 11.1 Å². The second kappa shape index (κ2) is 9.17. The van der Waals surface area contributed by atoms with Crippen molar-refractivity contribution in [3.8, 4) is 0 Å². The van der Waals surface area contributed by atoms with Crippen molar-refractivity contribution in [2.75, 3.05) is 0 Å². The lowest BCUT2D eigenvalue weighted by molar-refractivity contribution is 0.0404. The lowest BCUT2D eigenvalue weighted by Crippen LogP contribution is -2.46. The minimum atomic E-state index is 0.481. The summed E-state index contributed by atoms with van der Waals surface area (Å²) in [4.78, 5) is 0. The molecule has 5 rings (SSSR count). The van der Waals surface area contributed by atoms with Gasteiger partial charge in [-0.15, -0.1) is 0 Å². The first-order valence-electron chi connectivity index (χ1n) is 15.2. The van der Waals surface area contributed by atoms with E-state index in [0.717, 1.165) is 47.3 Å². The molecule has 0 N–H and O–H groups in total. The summed E-state index contributed by atoms with van der Waals surface area (Å²) in [6.45, 7) is 15.2. The fourth-order valence-electron chi connectivity index (χ4n) is 10.0. The Balaban J connectivity index is 1.30. The molecule has 0 spiro atoms. The van der Waals surface area contributed by atoms with Gasteiger partial charge in [0.25, 0.3) is 0 Å². The van der Waals surface area contributed by atoms with Crippen molar-refractivity contribution in [3.05, 3.63) is 23.3 Å². The van der Waals surface area contributed by atoms with Crippen LogP contribution in [-0.4, -0.2) is 0 Å². The highest BCUT2D eigenvalue weighted by Gasteiger charge is 2.59. The highest BCUT2D eigenvalue weighted by atomic mass is 14.6. The van der Waals surface area contributed by atoms with Crippen molar-refractivity contribution >= 4 is 0 Å². The van der Waals surface area contributed by atoms with Crippen LogP contribution in [0.15, 0.2) is 23.3 Å². The molecule has 9 unspecified atom stereocenters. The molecule has 0 heteroatoms. The molecular formula is C33H54. The second-order valence-corrected chi connectivity index (χ2v) is 14.4. The third-order valence-electron chi connectivity index (χ3n) is 12.0. The number of rotatable bonds is 8. The summed E-state index contributed by atoms with van der Waals surface area (Å²) in [7, 11) is 0. The van der Waals surface area contributed by atoms with Gasteiger partial charge < -0.3 is 0 Å². The summed E-state index contributed by atoms with van der Waals surface area (Å²) < 4.78 is 0. The molecule has 0 heterocycles. The smallest absolute Gasteiger partial charge is 0.00474 e.